The van der Waals surface area contributed by atoms with Gasteiger partial charge in [0.1, 0.15) is 11.6 Å². The molecule has 1 N–H and O–H groups in total. The molecule has 0 unspecified atom stereocenters. The van der Waals surface area contributed by atoms with Crippen LogP contribution in [0.3, 0.4) is 0 Å². The van der Waals surface area contributed by atoms with E-state index >= 15 is 0 Å². The molecular formula is C19H20FN3O4. The summed E-state index contributed by atoms with van der Waals surface area (Å²) in [5, 5.41) is 13.6. The van der Waals surface area contributed by atoms with Crippen LogP contribution >= 0.6 is 0 Å². The third-order valence-electron chi connectivity index (χ3n) is 4.38. The number of rotatable bonds is 8. The van der Waals surface area contributed by atoms with Crippen molar-refractivity contribution >= 4 is 17.3 Å². The first-order valence-electron chi connectivity index (χ1n) is 8.57. The third kappa shape index (κ3) is 5.01. The second-order valence-corrected chi connectivity index (χ2v) is 6.45. The Morgan fingerprint density at radius 1 is 1.30 bits per heavy atom. The predicted molar refractivity (Wildman–Crippen MR) is 98.1 cm³/mol. The molecule has 1 amide bonds. The average Bonchev–Trinajstić information content (AvgIpc) is 3.48. The van der Waals surface area contributed by atoms with Crippen LogP contribution in [0.25, 0.3) is 0 Å². The Morgan fingerprint density at radius 2 is 2.00 bits per heavy atom. The van der Waals surface area contributed by atoms with Crippen LogP contribution in [0.2, 0.25) is 0 Å². The molecule has 0 aliphatic heterocycles. The number of benzene rings is 2. The Bertz CT molecular complexity index is 837. The monoisotopic (exact) mass is 373 g/mol. The summed E-state index contributed by atoms with van der Waals surface area (Å²) in [6.45, 7) is 0.720. The number of amides is 1. The molecular weight excluding hydrogens is 353 g/mol. The van der Waals surface area contributed by atoms with Gasteiger partial charge in [-0.2, -0.15) is 0 Å². The largest absolute Gasteiger partial charge is 0.494 e. The van der Waals surface area contributed by atoms with Gasteiger partial charge in [0, 0.05) is 18.7 Å². The highest BCUT2D eigenvalue weighted by molar-refractivity contribution is 5.94. The number of methoxy groups -OCH3 is 1. The van der Waals surface area contributed by atoms with Crippen molar-refractivity contribution in [1.29, 1.82) is 0 Å². The Morgan fingerprint density at radius 3 is 2.59 bits per heavy atom. The Balaban J connectivity index is 1.66. The summed E-state index contributed by atoms with van der Waals surface area (Å²) in [6, 6.07) is 10.6. The number of nitro groups is 1. The zero-order valence-electron chi connectivity index (χ0n) is 14.9. The molecule has 0 bridgehead atoms. The van der Waals surface area contributed by atoms with Crippen LogP contribution in [0.4, 0.5) is 15.8 Å². The topological polar surface area (TPSA) is 84.7 Å². The van der Waals surface area contributed by atoms with E-state index in [2.05, 4.69) is 5.32 Å². The maximum atomic E-state index is 13.1. The highest BCUT2D eigenvalue weighted by Crippen LogP contribution is 2.30. The molecule has 2 aromatic rings. The first-order valence-corrected chi connectivity index (χ1v) is 8.57. The lowest BCUT2D eigenvalue weighted by atomic mass is 10.2. The molecule has 0 aromatic heterocycles. The second-order valence-electron chi connectivity index (χ2n) is 6.45. The van der Waals surface area contributed by atoms with Crippen molar-refractivity contribution in [1.82, 2.24) is 4.90 Å². The average molecular weight is 373 g/mol. The number of carbonyl (C=O) groups excluding carboxylic acids is 1. The minimum atomic E-state index is -0.522. The van der Waals surface area contributed by atoms with E-state index in [-0.39, 0.29) is 29.7 Å². The van der Waals surface area contributed by atoms with Gasteiger partial charge in [0.25, 0.3) is 5.69 Å². The SMILES string of the molecule is COc1cc([N+](=O)[O-])ccc1NC(=O)CN(Cc1ccc(F)cc1)C1CC1. The summed E-state index contributed by atoms with van der Waals surface area (Å²) < 4.78 is 18.2. The molecule has 1 aliphatic rings. The minimum Gasteiger partial charge on any atom is -0.494 e. The summed E-state index contributed by atoms with van der Waals surface area (Å²) in [5.41, 5.74) is 1.20. The summed E-state index contributed by atoms with van der Waals surface area (Å²) in [4.78, 5) is 24.9. The molecule has 0 spiro atoms. The number of nitro benzene ring substituents is 1. The van der Waals surface area contributed by atoms with Crippen molar-refractivity contribution in [3.05, 3.63) is 64.0 Å². The standard InChI is InChI=1S/C19H20FN3O4/c1-27-18-10-16(23(25)26)8-9-17(18)21-19(24)12-22(15-6-7-15)11-13-2-4-14(20)5-3-13/h2-5,8-10,15H,6-7,11-12H2,1H3,(H,21,24). The predicted octanol–water partition coefficient (Wildman–Crippen LogP) is 3.35. The molecule has 27 heavy (non-hydrogen) atoms. The van der Waals surface area contributed by atoms with Gasteiger partial charge in [0.05, 0.1) is 30.3 Å². The van der Waals surface area contributed by atoms with Crippen LogP contribution < -0.4 is 10.1 Å². The van der Waals surface area contributed by atoms with Crippen molar-refractivity contribution in [2.24, 2.45) is 0 Å². The van der Waals surface area contributed by atoms with E-state index in [0.29, 0.717) is 18.3 Å². The molecule has 3 rings (SSSR count). The van der Waals surface area contributed by atoms with Crippen LogP contribution in [-0.4, -0.2) is 35.4 Å². The molecule has 0 atom stereocenters. The number of hydrogen-bond acceptors (Lipinski definition) is 5. The number of nitrogens with zero attached hydrogens (tertiary/aromatic N) is 2. The van der Waals surface area contributed by atoms with Gasteiger partial charge in [-0.1, -0.05) is 12.1 Å². The fraction of sp³-hybridized carbons (Fsp3) is 0.316. The number of hydrogen-bond donors (Lipinski definition) is 1. The molecule has 0 radical (unpaired) electrons. The summed E-state index contributed by atoms with van der Waals surface area (Å²) >= 11 is 0. The van der Waals surface area contributed by atoms with Crippen LogP contribution in [0.1, 0.15) is 18.4 Å². The van der Waals surface area contributed by atoms with Crippen molar-refractivity contribution in [2.45, 2.75) is 25.4 Å². The van der Waals surface area contributed by atoms with Crippen molar-refractivity contribution in [3.8, 4) is 5.75 Å². The van der Waals surface area contributed by atoms with Crippen LogP contribution in [-0.2, 0) is 11.3 Å². The van der Waals surface area contributed by atoms with Crippen molar-refractivity contribution in [2.75, 3.05) is 19.0 Å². The fourth-order valence-corrected chi connectivity index (χ4v) is 2.85. The zero-order chi connectivity index (χ0) is 19.4. The maximum absolute atomic E-state index is 13.1. The Labute approximate surface area is 155 Å². The van der Waals surface area contributed by atoms with Gasteiger partial charge in [0.15, 0.2) is 0 Å². The van der Waals surface area contributed by atoms with E-state index in [4.69, 9.17) is 4.74 Å². The molecule has 2 aromatic carbocycles. The van der Waals surface area contributed by atoms with Gasteiger partial charge in [-0.15, -0.1) is 0 Å². The number of anilines is 1. The molecule has 0 saturated heterocycles. The van der Waals surface area contributed by atoms with Crippen LogP contribution in [0.15, 0.2) is 42.5 Å². The quantitative estimate of drug-likeness (QED) is 0.567. The highest BCUT2D eigenvalue weighted by atomic mass is 19.1. The molecule has 142 valence electrons. The van der Waals surface area contributed by atoms with E-state index in [1.807, 2.05) is 4.90 Å². The van der Waals surface area contributed by atoms with E-state index in [1.54, 1.807) is 12.1 Å². The lowest BCUT2D eigenvalue weighted by molar-refractivity contribution is -0.384. The van der Waals surface area contributed by atoms with Gasteiger partial charge in [-0.05, 0) is 36.6 Å². The summed E-state index contributed by atoms with van der Waals surface area (Å²) in [7, 11) is 1.39. The Kier molecular flexibility index (Phi) is 5.66. The number of non-ortho nitro benzene ring substituents is 1. The number of carbonyl (C=O) groups is 1. The van der Waals surface area contributed by atoms with Crippen LogP contribution in [0.5, 0.6) is 5.75 Å². The second kappa shape index (κ2) is 8.13. The van der Waals surface area contributed by atoms with Crippen LogP contribution in [0, 0.1) is 15.9 Å². The van der Waals surface area contributed by atoms with E-state index in [0.717, 1.165) is 18.4 Å². The molecule has 0 heterocycles. The molecule has 7 nitrogen and oxygen atoms in total. The minimum absolute atomic E-state index is 0.110. The first kappa shape index (κ1) is 18.8. The van der Waals surface area contributed by atoms with Crippen molar-refractivity contribution in [3.63, 3.8) is 0 Å². The molecule has 1 fully saturated rings. The van der Waals surface area contributed by atoms with Gasteiger partial charge < -0.3 is 10.1 Å². The smallest absolute Gasteiger partial charge is 0.273 e. The van der Waals surface area contributed by atoms with Gasteiger partial charge >= 0.3 is 0 Å². The molecule has 1 saturated carbocycles. The molecule has 8 heteroatoms. The zero-order valence-corrected chi connectivity index (χ0v) is 14.9. The maximum Gasteiger partial charge on any atom is 0.273 e. The number of halogens is 1. The molecule has 1 aliphatic carbocycles. The van der Waals surface area contributed by atoms with E-state index < -0.39 is 4.92 Å². The summed E-state index contributed by atoms with van der Waals surface area (Å²) in [6.07, 6.45) is 2.05. The summed E-state index contributed by atoms with van der Waals surface area (Å²) in [5.74, 6) is -0.301. The van der Waals surface area contributed by atoms with Gasteiger partial charge in [0.2, 0.25) is 5.91 Å². The van der Waals surface area contributed by atoms with E-state index in [9.17, 15) is 19.3 Å². The highest BCUT2D eigenvalue weighted by Gasteiger charge is 2.30. The third-order valence-corrected chi connectivity index (χ3v) is 4.38. The van der Waals surface area contributed by atoms with Gasteiger partial charge in [-0.3, -0.25) is 19.8 Å². The van der Waals surface area contributed by atoms with Crippen molar-refractivity contribution < 1.29 is 18.8 Å². The lowest BCUT2D eigenvalue weighted by Crippen LogP contribution is -2.34. The lowest BCUT2D eigenvalue weighted by Gasteiger charge is -2.22. The normalized spacial score (nSPS) is 13.4. The number of ether oxygens (including phenoxy) is 1. The fourth-order valence-electron chi connectivity index (χ4n) is 2.85. The Hall–Kier alpha value is -3.00. The first-order chi connectivity index (χ1) is 13.0. The van der Waals surface area contributed by atoms with E-state index in [1.165, 1.54) is 37.4 Å². The number of nitrogens with one attached hydrogen (secondary N) is 1. The van der Waals surface area contributed by atoms with Gasteiger partial charge in [-0.25, -0.2) is 4.39 Å².